The molecule has 3 heterocycles. The number of hydrogen-bond donors (Lipinski definition) is 1. The van der Waals surface area contributed by atoms with Gasteiger partial charge >= 0.3 is 0 Å². The van der Waals surface area contributed by atoms with Crippen LogP contribution in [0.5, 0.6) is 5.75 Å². The van der Waals surface area contributed by atoms with Crippen LogP contribution in [0.3, 0.4) is 0 Å². The van der Waals surface area contributed by atoms with Crippen LogP contribution >= 0.6 is 0 Å². The number of aldehydes is 1. The van der Waals surface area contributed by atoms with Crippen LogP contribution in [0.2, 0.25) is 0 Å². The number of rotatable bonds is 7. The van der Waals surface area contributed by atoms with E-state index in [4.69, 9.17) is 9.47 Å². The van der Waals surface area contributed by atoms with Crippen molar-refractivity contribution in [3.05, 3.63) is 57.5 Å². The number of nitrogens with zero attached hydrogens (tertiary/aromatic N) is 5. The van der Waals surface area contributed by atoms with Crippen molar-refractivity contribution in [1.29, 1.82) is 0 Å². The molecule has 1 aromatic carbocycles. The lowest BCUT2D eigenvalue weighted by Crippen LogP contribution is -2.36. The summed E-state index contributed by atoms with van der Waals surface area (Å²) < 4.78 is 12.6. The first-order chi connectivity index (χ1) is 15.9. The summed E-state index contributed by atoms with van der Waals surface area (Å²) in [6.07, 6.45) is 5.94. The molecule has 1 N–H and O–H groups in total. The number of hydrogen-bond acceptors (Lipinski definition) is 9. The van der Waals surface area contributed by atoms with Crippen molar-refractivity contribution in [1.82, 2.24) is 14.5 Å². The number of nitro groups is 1. The fourth-order valence-corrected chi connectivity index (χ4v) is 3.72. The molecule has 33 heavy (non-hydrogen) atoms. The number of morpholine rings is 1. The summed E-state index contributed by atoms with van der Waals surface area (Å²) in [5, 5.41) is 14.9. The van der Waals surface area contributed by atoms with E-state index >= 15 is 0 Å². The maximum Gasteiger partial charge on any atom is 0.294 e. The highest BCUT2D eigenvalue weighted by molar-refractivity contribution is 5.78. The van der Waals surface area contributed by atoms with E-state index in [0.717, 1.165) is 17.4 Å². The number of benzene rings is 1. The first kappa shape index (κ1) is 22.2. The van der Waals surface area contributed by atoms with Gasteiger partial charge in [0.2, 0.25) is 5.95 Å². The lowest BCUT2D eigenvalue weighted by molar-refractivity contribution is -0.384. The zero-order valence-electron chi connectivity index (χ0n) is 18.6. The first-order valence-electron chi connectivity index (χ1n) is 10.3. The van der Waals surface area contributed by atoms with Gasteiger partial charge in [0, 0.05) is 54.9 Å². The van der Waals surface area contributed by atoms with Crippen molar-refractivity contribution in [2.24, 2.45) is 0 Å². The molecule has 1 aliphatic rings. The molecule has 1 saturated heterocycles. The Morgan fingerprint density at radius 2 is 1.97 bits per heavy atom. The van der Waals surface area contributed by atoms with Crippen LogP contribution in [0.4, 0.5) is 23.0 Å². The van der Waals surface area contributed by atoms with Crippen molar-refractivity contribution >= 4 is 29.3 Å². The summed E-state index contributed by atoms with van der Waals surface area (Å²) in [7, 11) is 1.50. The maximum atomic E-state index is 11.8. The van der Waals surface area contributed by atoms with E-state index in [9.17, 15) is 14.9 Å². The fourth-order valence-electron chi connectivity index (χ4n) is 3.72. The fraction of sp³-hybridized carbons (Fsp3) is 0.318. The molecule has 1 fully saturated rings. The topological polar surface area (TPSA) is 125 Å². The van der Waals surface area contributed by atoms with Gasteiger partial charge in [-0.1, -0.05) is 0 Å². The Balaban J connectivity index is 1.71. The van der Waals surface area contributed by atoms with Crippen LogP contribution in [0, 0.1) is 24.0 Å². The minimum absolute atomic E-state index is 0.0517. The molecule has 0 amide bonds. The van der Waals surface area contributed by atoms with E-state index in [0.29, 0.717) is 54.8 Å². The summed E-state index contributed by atoms with van der Waals surface area (Å²) in [4.78, 5) is 33.4. The van der Waals surface area contributed by atoms with Gasteiger partial charge in [-0.05, 0) is 19.4 Å². The summed E-state index contributed by atoms with van der Waals surface area (Å²) in [6, 6.07) is 3.07. The van der Waals surface area contributed by atoms with Crippen molar-refractivity contribution < 1.29 is 19.2 Å². The second kappa shape index (κ2) is 9.25. The largest absolute Gasteiger partial charge is 0.494 e. The second-order valence-corrected chi connectivity index (χ2v) is 7.64. The third kappa shape index (κ3) is 4.48. The van der Waals surface area contributed by atoms with Crippen LogP contribution in [0.25, 0.3) is 5.82 Å². The first-order valence-corrected chi connectivity index (χ1v) is 10.3. The van der Waals surface area contributed by atoms with Crippen LogP contribution < -0.4 is 15.0 Å². The summed E-state index contributed by atoms with van der Waals surface area (Å²) in [6.45, 7) is 5.82. The molecule has 2 aromatic heterocycles. The predicted molar refractivity (Wildman–Crippen MR) is 122 cm³/mol. The van der Waals surface area contributed by atoms with Crippen LogP contribution in [-0.4, -0.2) is 59.2 Å². The Morgan fingerprint density at radius 1 is 1.21 bits per heavy atom. The number of aryl methyl sites for hydroxylation is 2. The third-order valence-corrected chi connectivity index (χ3v) is 5.47. The second-order valence-electron chi connectivity index (χ2n) is 7.64. The van der Waals surface area contributed by atoms with Crippen LogP contribution in [0.1, 0.15) is 21.5 Å². The number of aromatic nitrogens is 3. The highest BCUT2D eigenvalue weighted by Crippen LogP contribution is 2.39. The molecule has 172 valence electrons. The van der Waals surface area contributed by atoms with Gasteiger partial charge in [-0.25, -0.2) is 4.98 Å². The molecule has 0 bridgehead atoms. The smallest absolute Gasteiger partial charge is 0.294 e. The molecule has 0 atom stereocenters. The van der Waals surface area contributed by atoms with Gasteiger partial charge < -0.3 is 24.3 Å². The molecule has 4 rings (SSSR count). The normalized spacial score (nSPS) is 13.6. The Morgan fingerprint density at radius 3 is 2.61 bits per heavy atom. The minimum atomic E-state index is -0.416. The van der Waals surface area contributed by atoms with Gasteiger partial charge in [-0.2, -0.15) is 4.98 Å². The Kier molecular flexibility index (Phi) is 6.22. The van der Waals surface area contributed by atoms with E-state index in [1.54, 1.807) is 23.0 Å². The highest BCUT2D eigenvalue weighted by atomic mass is 16.6. The molecule has 0 aliphatic carbocycles. The van der Waals surface area contributed by atoms with Gasteiger partial charge in [-0.15, -0.1) is 0 Å². The zero-order valence-corrected chi connectivity index (χ0v) is 18.6. The summed E-state index contributed by atoms with van der Waals surface area (Å²) in [5.74, 6) is 1.25. The lowest BCUT2D eigenvalue weighted by Gasteiger charge is -2.29. The quantitative estimate of drug-likeness (QED) is 0.327. The molecule has 0 radical (unpaired) electrons. The van der Waals surface area contributed by atoms with E-state index in [1.165, 1.54) is 13.2 Å². The summed E-state index contributed by atoms with van der Waals surface area (Å²) >= 11 is 0. The number of ether oxygens (including phenoxy) is 2. The number of anilines is 3. The van der Waals surface area contributed by atoms with E-state index in [2.05, 4.69) is 15.3 Å². The zero-order chi connectivity index (χ0) is 23.5. The molecule has 11 nitrogen and oxygen atoms in total. The van der Waals surface area contributed by atoms with Crippen LogP contribution in [0.15, 0.2) is 30.7 Å². The Hall–Kier alpha value is -3.99. The van der Waals surface area contributed by atoms with Crippen LogP contribution in [-0.2, 0) is 4.74 Å². The van der Waals surface area contributed by atoms with E-state index in [-0.39, 0.29) is 11.6 Å². The molecule has 0 unspecified atom stereocenters. The highest BCUT2D eigenvalue weighted by Gasteiger charge is 2.25. The van der Waals surface area contributed by atoms with Gasteiger partial charge in [0.1, 0.15) is 17.3 Å². The number of nitrogens with one attached hydrogen (secondary N) is 1. The predicted octanol–water partition coefficient (Wildman–Crippen LogP) is 3.19. The Labute approximate surface area is 190 Å². The maximum absolute atomic E-state index is 11.8. The number of carbonyl (C=O) groups excluding carboxylic acids is 1. The standard InChI is InChI=1S/C22H24N6O5/c1-14-10-23-22(25-21(14)27-11-15(2)16(12-27)13-29)24-17-8-19(28(30)31)18(9-20(17)32-3)26-4-6-33-7-5-26/h8-13H,4-7H2,1-3H3,(H,23,24,25). The number of carbonyl (C=O) groups is 1. The van der Waals surface area contributed by atoms with Crippen molar-refractivity contribution in [2.45, 2.75) is 13.8 Å². The SMILES string of the molecule is COc1cc(N2CCOCC2)c([N+](=O)[O-])cc1Nc1ncc(C)c(-n2cc(C)c(C=O)c2)n1. The van der Waals surface area contributed by atoms with Gasteiger partial charge in [0.25, 0.3) is 5.69 Å². The monoisotopic (exact) mass is 452 g/mol. The van der Waals surface area contributed by atoms with Gasteiger partial charge in [-0.3, -0.25) is 14.9 Å². The molecular weight excluding hydrogens is 428 g/mol. The van der Waals surface area contributed by atoms with Crippen molar-refractivity contribution in [2.75, 3.05) is 43.6 Å². The van der Waals surface area contributed by atoms with Crippen molar-refractivity contribution in [3.8, 4) is 11.6 Å². The molecule has 11 heteroatoms. The van der Waals surface area contributed by atoms with E-state index < -0.39 is 4.92 Å². The Bertz CT molecular complexity index is 1200. The average Bonchev–Trinajstić information content (AvgIpc) is 3.20. The van der Waals surface area contributed by atoms with Crippen molar-refractivity contribution in [3.63, 3.8) is 0 Å². The molecule has 0 spiro atoms. The molecule has 3 aromatic rings. The van der Waals surface area contributed by atoms with E-state index in [1.807, 2.05) is 24.9 Å². The minimum Gasteiger partial charge on any atom is -0.494 e. The molecule has 1 aliphatic heterocycles. The average molecular weight is 452 g/mol. The lowest BCUT2D eigenvalue weighted by atomic mass is 10.2. The number of nitro benzene ring substituents is 1. The number of methoxy groups -OCH3 is 1. The molecular formula is C22H24N6O5. The van der Waals surface area contributed by atoms with Gasteiger partial charge in [0.05, 0.1) is 30.9 Å². The summed E-state index contributed by atoms with van der Waals surface area (Å²) in [5.41, 5.74) is 2.98. The molecule has 0 saturated carbocycles. The van der Waals surface area contributed by atoms with Gasteiger partial charge in [0.15, 0.2) is 6.29 Å². The third-order valence-electron chi connectivity index (χ3n) is 5.47.